The Balaban J connectivity index is 2.09. The zero-order valence-corrected chi connectivity index (χ0v) is 13.8. The molecule has 0 aromatic heterocycles. The molecule has 0 atom stereocenters. The molecule has 2 aromatic carbocycles. The van der Waals surface area contributed by atoms with E-state index in [1.807, 2.05) is 0 Å². The van der Waals surface area contributed by atoms with E-state index in [1.165, 1.54) is 24.3 Å². The molecule has 0 heterocycles. The highest BCUT2D eigenvalue weighted by molar-refractivity contribution is 5.62. The van der Waals surface area contributed by atoms with Crippen molar-refractivity contribution in [1.29, 1.82) is 0 Å². The molecular weight excluding hydrogens is 351 g/mol. The monoisotopic (exact) mass is 366 g/mol. The molecule has 0 spiro atoms. The van der Waals surface area contributed by atoms with Gasteiger partial charge in [-0.1, -0.05) is 30.9 Å². The number of hydrogen-bond donors (Lipinski definition) is 0. The molecule has 0 fully saturated rings. The Morgan fingerprint density at radius 2 is 1.38 bits per heavy atom. The lowest BCUT2D eigenvalue weighted by Gasteiger charge is -2.07. The second-order valence-electron chi connectivity index (χ2n) is 5.37. The van der Waals surface area contributed by atoms with Gasteiger partial charge in [0.05, 0.1) is 0 Å². The lowest BCUT2D eigenvalue weighted by Crippen LogP contribution is -2.16. The van der Waals surface area contributed by atoms with Crippen LogP contribution in [0, 0.1) is 11.8 Å². The summed E-state index contributed by atoms with van der Waals surface area (Å²) in [6, 6.07) is 11.1. The van der Waals surface area contributed by atoms with Gasteiger partial charge in [0.25, 0.3) is 0 Å². The van der Waals surface area contributed by atoms with Gasteiger partial charge in [0, 0.05) is 23.1 Å². The Morgan fingerprint density at radius 1 is 0.885 bits per heavy atom. The lowest BCUT2D eigenvalue weighted by molar-refractivity contribution is -0.274. The predicted molar refractivity (Wildman–Crippen MR) is 89.6 cm³/mol. The summed E-state index contributed by atoms with van der Waals surface area (Å²) in [5.74, 6) is 3.58. The maximum absolute atomic E-state index is 13.8. The lowest BCUT2D eigenvalue weighted by atomic mass is 10.1. The smallest absolute Gasteiger partial charge is 0.406 e. The summed E-state index contributed by atoms with van der Waals surface area (Å²) in [6.45, 7) is 1.76. The van der Waals surface area contributed by atoms with Crippen molar-refractivity contribution in [2.24, 2.45) is 0 Å². The van der Waals surface area contributed by atoms with Crippen LogP contribution in [-0.2, 0) is 0 Å². The van der Waals surface area contributed by atoms with Gasteiger partial charge >= 0.3 is 6.36 Å². The van der Waals surface area contributed by atoms with E-state index < -0.39 is 18.0 Å². The third kappa shape index (κ3) is 5.92. The molecule has 0 saturated carbocycles. The normalized spacial score (nSPS) is 12.1. The highest BCUT2D eigenvalue weighted by atomic mass is 19.4. The van der Waals surface area contributed by atoms with E-state index in [0.717, 1.165) is 12.1 Å². The van der Waals surface area contributed by atoms with Crippen molar-refractivity contribution in [3.05, 3.63) is 71.0 Å². The molecule has 0 amide bonds. The maximum Gasteiger partial charge on any atom is 0.573 e. The van der Waals surface area contributed by atoms with Gasteiger partial charge in [-0.2, -0.15) is 0 Å². The molecular formula is C20H15F5O. The Morgan fingerprint density at radius 3 is 1.85 bits per heavy atom. The number of alkyl halides is 3. The number of halogens is 5. The molecule has 2 aromatic rings. The number of benzene rings is 2. The standard InChI is InChI=1S/C20H15F5O/c1-2-3-18(21)19(22)16-10-6-14(7-11-16)4-5-15-8-12-17(13-9-15)26-20(23,24)25/h6-13H,2-3H2,1H3/b19-18-. The summed E-state index contributed by atoms with van der Waals surface area (Å²) in [5, 5.41) is 0. The molecule has 26 heavy (non-hydrogen) atoms. The Hall–Kier alpha value is -2.81. The Kier molecular flexibility index (Phi) is 6.40. The average Bonchev–Trinajstić information content (AvgIpc) is 2.60. The Labute approximate surface area is 148 Å². The second kappa shape index (κ2) is 8.52. The van der Waals surface area contributed by atoms with E-state index in [4.69, 9.17) is 0 Å². The quantitative estimate of drug-likeness (QED) is 0.450. The van der Waals surface area contributed by atoms with Crippen LogP contribution < -0.4 is 4.74 Å². The molecule has 0 unspecified atom stereocenters. The van der Waals surface area contributed by atoms with Crippen molar-refractivity contribution in [3.8, 4) is 17.6 Å². The number of allylic oxidation sites excluding steroid dienone is 1. The molecule has 0 aliphatic heterocycles. The molecule has 0 radical (unpaired) electrons. The van der Waals surface area contributed by atoms with Gasteiger partial charge < -0.3 is 4.74 Å². The molecule has 1 nitrogen and oxygen atoms in total. The van der Waals surface area contributed by atoms with Gasteiger partial charge in [0.2, 0.25) is 0 Å². The first-order chi connectivity index (χ1) is 12.3. The van der Waals surface area contributed by atoms with Crippen molar-refractivity contribution in [2.45, 2.75) is 26.1 Å². The van der Waals surface area contributed by atoms with Crippen LogP contribution in [-0.4, -0.2) is 6.36 Å². The molecule has 0 bridgehead atoms. The van der Waals surface area contributed by atoms with Gasteiger partial charge in [0.15, 0.2) is 5.83 Å². The van der Waals surface area contributed by atoms with E-state index in [-0.39, 0.29) is 17.7 Å². The molecule has 0 aliphatic rings. The summed E-state index contributed by atoms with van der Waals surface area (Å²) in [5.41, 5.74) is 1.19. The molecule has 6 heteroatoms. The van der Waals surface area contributed by atoms with Crippen molar-refractivity contribution in [3.63, 3.8) is 0 Å². The van der Waals surface area contributed by atoms with Crippen LogP contribution in [0.25, 0.3) is 5.83 Å². The van der Waals surface area contributed by atoms with Crippen LogP contribution in [0.4, 0.5) is 22.0 Å². The largest absolute Gasteiger partial charge is 0.573 e. The van der Waals surface area contributed by atoms with E-state index in [1.54, 1.807) is 19.1 Å². The first-order valence-electron chi connectivity index (χ1n) is 7.81. The van der Waals surface area contributed by atoms with Crippen molar-refractivity contribution >= 4 is 5.83 Å². The first-order valence-corrected chi connectivity index (χ1v) is 7.81. The summed E-state index contributed by atoms with van der Waals surface area (Å²) in [4.78, 5) is 0. The minimum Gasteiger partial charge on any atom is -0.406 e. The number of ether oxygens (including phenoxy) is 1. The van der Waals surface area contributed by atoms with Crippen LogP contribution in [0.2, 0.25) is 0 Å². The topological polar surface area (TPSA) is 9.23 Å². The van der Waals surface area contributed by atoms with E-state index in [0.29, 0.717) is 17.5 Å². The fourth-order valence-electron chi connectivity index (χ4n) is 2.07. The zero-order chi connectivity index (χ0) is 19.2. The SMILES string of the molecule is CCC/C(F)=C(/F)c1ccc(C#Cc2ccc(OC(F)(F)F)cc2)cc1. The third-order valence-corrected chi connectivity index (χ3v) is 3.29. The van der Waals surface area contributed by atoms with Gasteiger partial charge in [-0.05, 0) is 42.8 Å². The molecule has 0 N–H and O–H groups in total. The average molecular weight is 366 g/mol. The Bertz CT molecular complexity index is 822. The molecule has 0 saturated heterocycles. The summed E-state index contributed by atoms with van der Waals surface area (Å²) < 4.78 is 67.4. The van der Waals surface area contributed by atoms with Gasteiger partial charge in [-0.15, -0.1) is 13.2 Å². The van der Waals surface area contributed by atoms with Gasteiger partial charge in [-0.3, -0.25) is 0 Å². The molecule has 136 valence electrons. The van der Waals surface area contributed by atoms with Crippen molar-refractivity contribution < 1.29 is 26.7 Å². The minimum absolute atomic E-state index is 0.0431. The molecule has 0 aliphatic carbocycles. The highest BCUT2D eigenvalue weighted by Gasteiger charge is 2.30. The van der Waals surface area contributed by atoms with E-state index in [2.05, 4.69) is 16.6 Å². The van der Waals surface area contributed by atoms with Crippen LogP contribution in [0.5, 0.6) is 5.75 Å². The van der Waals surface area contributed by atoms with Gasteiger partial charge in [0.1, 0.15) is 11.6 Å². The zero-order valence-electron chi connectivity index (χ0n) is 13.8. The minimum atomic E-state index is -4.74. The second-order valence-corrected chi connectivity index (χ2v) is 5.37. The van der Waals surface area contributed by atoms with Crippen LogP contribution in [0.1, 0.15) is 36.5 Å². The maximum atomic E-state index is 13.8. The van der Waals surface area contributed by atoms with Crippen molar-refractivity contribution in [2.75, 3.05) is 0 Å². The predicted octanol–water partition coefficient (Wildman–Crippen LogP) is 6.39. The fourth-order valence-corrected chi connectivity index (χ4v) is 2.07. The molecule has 2 rings (SSSR count). The van der Waals surface area contributed by atoms with E-state index in [9.17, 15) is 22.0 Å². The summed E-state index contributed by atoms with van der Waals surface area (Å²) in [7, 11) is 0. The fraction of sp³-hybridized carbons (Fsp3) is 0.200. The summed E-state index contributed by atoms with van der Waals surface area (Å²) >= 11 is 0. The highest BCUT2D eigenvalue weighted by Crippen LogP contribution is 2.25. The van der Waals surface area contributed by atoms with Gasteiger partial charge in [-0.25, -0.2) is 8.78 Å². The number of hydrogen-bond acceptors (Lipinski definition) is 1. The van der Waals surface area contributed by atoms with Crippen LogP contribution in [0.15, 0.2) is 54.4 Å². The summed E-state index contributed by atoms with van der Waals surface area (Å²) in [6.07, 6.45) is -4.19. The van der Waals surface area contributed by atoms with E-state index >= 15 is 0 Å². The van der Waals surface area contributed by atoms with Crippen LogP contribution >= 0.6 is 0 Å². The third-order valence-electron chi connectivity index (χ3n) is 3.29. The first kappa shape index (κ1) is 19.5. The van der Waals surface area contributed by atoms with Crippen LogP contribution in [0.3, 0.4) is 0 Å². The van der Waals surface area contributed by atoms with Crippen molar-refractivity contribution in [1.82, 2.24) is 0 Å². The number of rotatable bonds is 4.